The lowest BCUT2D eigenvalue weighted by Crippen LogP contribution is -2.54. The van der Waals surface area contributed by atoms with Crippen molar-refractivity contribution < 1.29 is 9.31 Å². The van der Waals surface area contributed by atoms with E-state index in [1.165, 1.54) is 12.1 Å². The van der Waals surface area contributed by atoms with Crippen molar-refractivity contribution in [1.29, 1.82) is 0 Å². The summed E-state index contributed by atoms with van der Waals surface area (Å²) < 4.78 is 13.4. The molecule has 0 bridgehead atoms. The predicted octanol–water partition coefficient (Wildman–Crippen LogP) is 1.92. The molecule has 0 saturated carbocycles. The van der Waals surface area contributed by atoms with Crippen molar-refractivity contribution in [3.05, 3.63) is 34.1 Å². The third kappa shape index (κ3) is 2.59. The standard InChI is InChI=1S/C12H16FN3O2/c1-8-7-15(9(2)6-14-8)11-3-10(13)4-12(5-11)16(17)18/h3-5,8-9,14H,6-7H2,1-2H3. The van der Waals surface area contributed by atoms with E-state index in [9.17, 15) is 14.5 Å². The van der Waals surface area contributed by atoms with Crippen molar-refractivity contribution in [1.82, 2.24) is 5.32 Å². The second-order valence-corrected chi connectivity index (χ2v) is 4.74. The first kappa shape index (κ1) is 12.8. The molecule has 1 saturated heterocycles. The molecule has 0 aromatic heterocycles. The number of nitrogens with one attached hydrogen (secondary N) is 1. The van der Waals surface area contributed by atoms with E-state index in [-0.39, 0.29) is 17.8 Å². The minimum atomic E-state index is -0.572. The Bertz CT molecular complexity index is 467. The van der Waals surface area contributed by atoms with Crippen LogP contribution < -0.4 is 10.2 Å². The molecule has 2 atom stereocenters. The van der Waals surface area contributed by atoms with Crippen molar-refractivity contribution in [2.45, 2.75) is 25.9 Å². The van der Waals surface area contributed by atoms with Crippen LogP contribution in [0.1, 0.15) is 13.8 Å². The number of nitro groups is 1. The molecule has 98 valence electrons. The molecule has 5 nitrogen and oxygen atoms in total. The summed E-state index contributed by atoms with van der Waals surface area (Å²) in [6.45, 7) is 5.54. The number of piperazine rings is 1. The molecule has 2 unspecified atom stereocenters. The largest absolute Gasteiger partial charge is 0.366 e. The van der Waals surface area contributed by atoms with E-state index in [1.54, 1.807) is 0 Å². The van der Waals surface area contributed by atoms with Gasteiger partial charge in [0.05, 0.1) is 11.0 Å². The van der Waals surface area contributed by atoms with Crippen molar-refractivity contribution in [2.24, 2.45) is 0 Å². The summed E-state index contributed by atoms with van der Waals surface area (Å²) in [5.74, 6) is -0.572. The Morgan fingerprint density at radius 2 is 2.17 bits per heavy atom. The zero-order valence-electron chi connectivity index (χ0n) is 10.4. The highest BCUT2D eigenvalue weighted by molar-refractivity contribution is 5.54. The minimum absolute atomic E-state index is 0.183. The highest BCUT2D eigenvalue weighted by atomic mass is 19.1. The lowest BCUT2D eigenvalue weighted by Gasteiger charge is -2.39. The Morgan fingerprint density at radius 1 is 1.44 bits per heavy atom. The number of nitrogens with zero attached hydrogens (tertiary/aromatic N) is 2. The Morgan fingerprint density at radius 3 is 2.83 bits per heavy atom. The van der Waals surface area contributed by atoms with Crippen LogP contribution in [0.15, 0.2) is 18.2 Å². The number of benzene rings is 1. The van der Waals surface area contributed by atoms with E-state index in [0.29, 0.717) is 12.2 Å². The van der Waals surface area contributed by atoms with E-state index in [0.717, 1.165) is 12.6 Å². The molecule has 1 aromatic rings. The lowest BCUT2D eigenvalue weighted by molar-refractivity contribution is -0.385. The van der Waals surface area contributed by atoms with Crippen LogP contribution in [0.5, 0.6) is 0 Å². The SMILES string of the molecule is CC1CN(c2cc(F)cc([N+](=O)[O-])c2)C(C)CN1. The number of nitro benzene ring substituents is 1. The molecule has 0 amide bonds. The van der Waals surface area contributed by atoms with Crippen molar-refractivity contribution >= 4 is 11.4 Å². The summed E-state index contributed by atoms with van der Waals surface area (Å²) in [6, 6.07) is 4.19. The maximum Gasteiger partial charge on any atom is 0.274 e. The van der Waals surface area contributed by atoms with Crippen molar-refractivity contribution in [3.63, 3.8) is 0 Å². The number of rotatable bonds is 2. The van der Waals surface area contributed by atoms with Crippen LogP contribution in [0.4, 0.5) is 15.8 Å². The van der Waals surface area contributed by atoms with Crippen LogP contribution in [0.2, 0.25) is 0 Å². The zero-order valence-corrected chi connectivity index (χ0v) is 10.4. The monoisotopic (exact) mass is 253 g/mol. The summed E-state index contributed by atoms with van der Waals surface area (Å²) in [5.41, 5.74) is 0.367. The number of halogens is 1. The fourth-order valence-electron chi connectivity index (χ4n) is 2.21. The van der Waals surface area contributed by atoms with E-state index in [4.69, 9.17) is 0 Å². The number of non-ortho nitro benzene ring substituents is 1. The summed E-state index contributed by atoms with van der Waals surface area (Å²) in [7, 11) is 0. The van der Waals surface area contributed by atoms with Gasteiger partial charge >= 0.3 is 0 Å². The molecule has 1 aliphatic rings. The summed E-state index contributed by atoms with van der Waals surface area (Å²) in [6.07, 6.45) is 0. The van der Waals surface area contributed by atoms with Gasteiger partial charge in [-0.15, -0.1) is 0 Å². The average Bonchev–Trinajstić information content (AvgIpc) is 2.31. The molecule has 18 heavy (non-hydrogen) atoms. The van der Waals surface area contributed by atoms with E-state index < -0.39 is 10.7 Å². The average molecular weight is 253 g/mol. The van der Waals surface area contributed by atoms with E-state index in [2.05, 4.69) is 5.32 Å². The molecule has 6 heteroatoms. The molecule has 1 aromatic carbocycles. The number of hydrogen-bond donors (Lipinski definition) is 1. The first-order chi connectivity index (χ1) is 8.47. The molecule has 1 heterocycles. The number of anilines is 1. The van der Waals surface area contributed by atoms with Gasteiger partial charge in [-0.1, -0.05) is 0 Å². The molecule has 1 fully saturated rings. The number of hydrogen-bond acceptors (Lipinski definition) is 4. The molecule has 1 aliphatic heterocycles. The van der Waals surface area contributed by atoms with Gasteiger partial charge in [-0.2, -0.15) is 0 Å². The predicted molar refractivity (Wildman–Crippen MR) is 67.3 cm³/mol. The summed E-state index contributed by atoms with van der Waals surface area (Å²) >= 11 is 0. The van der Waals surface area contributed by atoms with Crippen LogP contribution in [-0.2, 0) is 0 Å². The second-order valence-electron chi connectivity index (χ2n) is 4.74. The fourth-order valence-corrected chi connectivity index (χ4v) is 2.21. The quantitative estimate of drug-likeness (QED) is 0.646. The van der Waals surface area contributed by atoms with Gasteiger partial charge in [-0.05, 0) is 19.9 Å². The van der Waals surface area contributed by atoms with Gasteiger partial charge in [0.1, 0.15) is 5.82 Å². The first-order valence-electron chi connectivity index (χ1n) is 5.92. The smallest absolute Gasteiger partial charge is 0.274 e. The van der Waals surface area contributed by atoms with Gasteiger partial charge in [-0.3, -0.25) is 10.1 Å². The van der Waals surface area contributed by atoms with Crippen molar-refractivity contribution in [3.8, 4) is 0 Å². The molecular formula is C12H16FN3O2. The van der Waals surface area contributed by atoms with Gasteiger partial charge in [-0.25, -0.2) is 4.39 Å². The van der Waals surface area contributed by atoms with Gasteiger partial charge in [0.2, 0.25) is 0 Å². The topological polar surface area (TPSA) is 58.4 Å². The van der Waals surface area contributed by atoms with Crippen LogP contribution in [0.3, 0.4) is 0 Å². The normalized spacial score (nSPS) is 24.1. The second kappa shape index (κ2) is 4.89. The third-order valence-corrected chi connectivity index (χ3v) is 3.17. The van der Waals surface area contributed by atoms with Gasteiger partial charge in [0.15, 0.2) is 0 Å². The van der Waals surface area contributed by atoms with Crippen LogP contribution in [0.25, 0.3) is 0 Å². The fraction of sp³-hybridized carbons (Fsp3) is 0.500. The van der Waals surface area contributed by atoms with Gasteiger partial charge in [0.25, 0.3) is 5.69 Å². The van der Waals surface area contributed by atoms with Crippen LogP contribution in [-0.4, -0.2) is 30.1 Å². The maximum atomic E-state index is 13.4. The summed E-state index contributed by atoms with van der Waals surface area (Å²) in [5, 5.41) is 14.1. The van der Waals surface area contributed by atoms with Gasteiger partial charge in [0, 0.05) is 36.9 Å². The maximum absolute atomic E-state index is 13.4. The Balaban J connectivity index is 2.34. The molecule has 0 aliphatic carbocycles. The zero-order chi connectivity index (χ0) is 13.3. The molecule has 0 spiro atoms. The lowest BCUT2D eigenvalue weighted by atomic mass is 10.1. The Hall–Kier alpha value is -1.69. The molecule has 0 radical (unpaired) electrons. The molecular weight excluding hydrogens is 237 g/mol. The van der Waals surface area contributed by atoms with Crippen LogP contribution in [0, 0.1) is 15.9 Å². The van der Waals surface area contributed by atoms with Gasteiger partial charge < -0.3 is 10.2 Å². The molecule has 1 N–H and O–H groups in total. The Labute approximate surface area is 105 Å². The minimum Gasteiger partial charge on any atom is -0.366 e. The van der Waals surface area contributed by atoms with E-state index >= 15 is 0 Å². The highest BCUT2D eigenvalue weighted by Crippen LogP contribution is 2.26. The molecule has 2 rings (SSSR count). The third-order valence-electron chi connectivity index (χ3n) is 3.17. The highest BCUT2D eigenvalue weighted by Gasteiger charge is 2.24. The van der Waals surface area contributed by atoms with E-state index in [1.807, 2.05) is 18.7 Å². The first-order valence-corrected chi connectivity index (χ1v) is 5.92. The van der Waals surface area contributed by atoms with Crippen molar-refractivity contribution in [2.75, 3.05) is 18.0 Å². The summed E-state index contributed by atoms with van der Waals surface area (Å²) in [4.78, 5) is 12.2. The van der Waals surface area contributed by atoms with Crippen LogP contribution >= 0.6 is 0 Å². The Kier molecular flexibility index (Phi) is 3.47.